The van der Waals surface area contributed by atoms with Crippen LogP contribution in [0.2, 0.25) is 0 Å². The van der Waals surface area contributed by atoms with E-state index in [2.05, 4.69) is 39.0 Å². The van der Waals surface area contributed by atoms with Crippen LogP contribution in [0.15, 0.2) is 22.7 Å². The van der Waals surface area contributed by atoms with Gasteiger partial charge in [-0.05, 0) is 47.3 Å². The minimum absolute atomic E-state index is 1.10. The maximum absolute atomic E-state index is 4.73. The Balaban J connectivity index is 2.01. The quantitative estimate of drug-likeness (QED) is 0.789. The van der Waals surface area contributed by atoms with Crippen molar-refractivity contribution in [1.29, 1.82) is 0 Å². The van der Waals surface area contributed by atoms with Crippen molar-refractivity contribution >= 4 is 42.6 Å². The van der Waals surface area contributed by atoms with Crippen molar-refractivity contribution in [3.63, 3.8) is 0 Å². The third-order valence-electron chi connectivity index (χ3n) is 2.99. The summed E-state index contributed by atoms with van der Waals surface area (Å²) in [6, 6.07) is 6.28. The Kier molecular flexibility index (Phi) is 2.86. The molecule has 1 saturated heterocycles. The van der Waals surface area contributed by atoms with Gasteiger partial charge in [-0.15, -0.1) is 0 Å². The van der Waals surface area contributed by atoms with Gasteiger partial charge in [-0.2, -0.15) is 0 Å². The minimum Gasteiger partial charge on any atom is -0.348 e. The average molecular weight is 297 g/mol. The van der Waals surface area contributed by atoms with E-state index in [1.54, 1.807) is 11.3 Å². The number of aromatic nitrogens is 1. The zero-order chi connectivity index (χ0) is 11.0. The first-order valence-electron chi connectivity index (χ1n) is 5.64. The number of anilines is 1. The first kappa shape index (κ1) is 10.5. The molecule has 0 saturated carbocycles. The summed E-state index contributed by atoms with van der Waals surface area (Å²) in [5, 5.41) is 1.18. The SMILES string of the molecule is Brc1cccc2sc(N3CCCCC3)nc12. The van der Waals surface area contributed by atoms with E-state index in [-0.39, 0.29) is 0 Å². The molecule has 0 atom stereocenters. The van der Waals surface area contributed by atoms with Gasteiger partial charge in [0.2, 0.25) is 0 Å². The van der Waals surface area contributed by atoms with Gasteiger partial charge in [-0.1, -0.05) is 17.4 Å². The Labute approximate surface area is 107 Å². The molecule has 2 heterocycles. The molecule has 1 fully saturated rings. The largest absolute Gasteiger partial charge is 0.348 e. The molecular weight excluding hydrogens is 284 g/mol. The molecule has 0 unspecified atom stereocenters. The zero-order valence-corrected chi connectivity index (χ0v) is 11.4. The second-order valence-corrected chi connectivity index (χ2v) is 5.99. The van der Waals surface area contributed by atoms with E-state index in [1.807, 2.05) is 0 Å². The molecule has 1 aromatic carbocycles. The summed E-state index contributed by atoms with van der Waals surface area (Å²) < 4.78 is 2.37. The number of nitrogens with zero attached hydrogens (tertiary/aromatic N) is 2. The smallest absolute Gasteiger partial charge is 0.186 e. The summed E-state index contributed by atoms with van der Waals surface area (Å²) in [6.45, 7) is 2.33. The lowest BCUT2D eigenvalue weighted by molar-refractivity contribution is 0.577. The first-order chi connectivity index (χ1) is 7.84. The molecule has 0 aliphatic carbocycles. The fourth-order valence-corrected chi connectivity index (χ4v) is 3.75. The van der Waals surface area contributed by atoms with E-state index < -0.39 is 0 Å². The predicted octanol–water partition coefficient (Wildman–Crippen LogP) is 4.05. The number of para-hydroxylation sites is 1. The van der Waals surface area contributed by atoms with Gasteiger partial charge in [0.1, 0.15) is 0 Å². The van der Waals surface area contributed by atoms with Crippen molar-refractivity contribution in [1.82, 2.24) is 4.98 Å². The van der Waals surface area contributed by atoms with Gasteiger partial charge in [0.25, 0.3) is 0 Å². The molecule has 0 spiro atoms. The molecule has 1 aromatic heterocycles. The summed E-state index contributed by atoms with van der Waals surface area (Å²) in [5.74, 6) is 0. The standard InChI is InChI=1S/C12H13BrN2S/c13-9-5-4-6-10-11(9)14-12(16-10)15-7-2-1-3-8-15/h4-6H,1-3,7-8H2. The zero-order valence-electron chi connectivity index (χ0n) is 8.95. The van der Waals surface area contributed by atoms with Gasteiger partial charge in [-0.25, -0.2) is 4.98 Å². The number of benzene rings is 1. The molecule has 0 amide bonds. The Hall–Kier alpha value is -0.610. The fraction of sp³-hybridized carbons (Fsp3) is 0.417. The van der Waals surface area contributed by atoms with Gasteiger partial charge in [0, 0.05) is 17.6 Å². The van der Waals surface area contributed by atoms with E-state index in [4.69, 9.17) is 4.98 Å². The second-order valence-electron chi connectivity index (χ2n) is 4.13. The van der Waals surface area contributed by atoms with Crippen molar-refractivity contribution in [2.45, 2.75) is 19.3 Å². The number of halogens is 1. The highest BCUT2D eigenvalue weighted by molar-refractivity contribution is 9.10. The van der Waals surface area contributed by atoms with Crippen LogP contribution in [-0.2, 0) is 0 Å². The molecule has 0 radical (unpaired) electrons. The number of piperidine rings is 1. The number of fused-ring (bicyclic) bond motifs is 1. The highest BCUT2D eigenvalue weighted by Crippen LogP contribution is 2.33. The van der Waals surface area contributed by atoms with Crippen LogP contribution >= 0.6 is 27.3 Å². The highest BCUT2D eigenvalue weighted by Gasteiger charge is 2.15. The van der Waals surface area contributed by atoms with E-state index in [0.717, 1.165) is 23.1 Å². The van der Waals surface area contributed by atoms with Crippen LogP contribution in [0.25, 0.3) is 10.2 Å². The van der Waals surface area contributed by atoms with Gasteiger partial charge in [0.15, 0.2) is 5.13 Å². The molecule has 2 nitrogen and oxygen atoms in total. The lowest BCUT2D eigenvalue weighted by Gasteiger charge is -2.25. The summed E-state index contributed by atoms with van der Waals surface area (Å²) in [5.41, 5.74) is 1.10. The molecule has 1 aliphatic heterocycles. The first-order valence-corrected chi connectivity index (χ1v) is 7.25. The van der Waals surface area contributed by atoms with E-state index in [0.29, 0.717) is 0 Å². The lowest BCUT2D eigenvalue weighted by Crippen LogP contribution is -2.29. The predicted molar refractivity (Wildman–Crippen MR) is 73.4 cm³/mol. The Bertz CT molecular complexity index is 503. The van der Waals surface area contributed by atoms with Crippen molar-refractivity contribution in [3.05, 3.63) is 22.7 Å². The monoisotopic (exact) mass is 296 g/mol. The number of thiazole rings is 1. The summed E-state index contributed by atoms with van der Waals surface area (Å²) in [4.78, 5) is 7.15. The van der Waals surface area contributed by atoms with E-state index in [9.17, 15) is 0 Å². The Morgan fingerprint density at radius 3 is 2.75 bits per heavy atom. The van der Waals surface area contributed by atoms with Crippen molar-refractivity contribution in [2.24, 2.45) is 0 Å². The van der Waals surface area contributed by atoms with Crippen molar-refractivity contribution in [2.75, 3.05) is 18.0 Å². The van der Waals surface area contributed by atoms with Gasteiger partial charge in [0.05, 0.1) is 10.2 Å². The maximum atomic E-state index is 4.73. The molecule has 0 N–H and O–H groups in total. The number of hydrogen-bond acceptors (Lipinski definition) is 3. The van der Waals surface area contributed by atoms with Crippen LogP contribution in [0.4, 0.5) is 5.13 Å². The van der Waals surface area contributed by atoms with Gasteiger partial charge < -0.3 is 4.90 Å². The molecular formula is C12H13BrN2S. The summed E-state index contributed by atoms with van der Waals surface area (Å²) >= 11 is 5.36. The molecule has 84 valence electrons. The number of rotatable bonds is 1. The van der Waals surface area contributed by atoms with Crippen LogP contribution in [0, 0.1) is 0 Å². The molecule has 1 aliphatic rings. The van der Waals surface area contributed by atoms with Gasteiger partial charge >= 0.3 is 0 Å². The summed E-state index contributed by atoms with van der Waals surface area (Å²) in [6.07, 6.45) is 3.97. The Morgan fingerprint density at radius 1 is 1.19 bits per heavy atom. The molecule has 4 heteroatoms. The summed E-state index contributed by atoms with van der Waals surface area (Å²) in [7, 11) is 0. The third-order valence-corrected chi connectivity index (χ3v) is 4.71. The fourth-order valence-electron chi connectivity index (χ4n) is 2.12. The topological polar surface area (TPSA) is 16.1 Å². The maximum Gasteiger partial charge on any atom is 0.186 e. The van der Waals surface area contributed by atoms with Crippen LogP contribution in [0.3, 0.4) is 0 Å². The van der Waals surface area contributed by atoms with Crippen molar-refractivity contribution < 1.29 is 0 Å². The minimum atomic E-state index is 1.10. The molecule has 3 rings (SSSR count). The van der Waals surface area contributed by atoms with Gasteiger partial charge in [-0.3, -0.25) is 0 Å². The molecule has 0 bridgehead atoms. The van der Waals surface area contributed by atoms with E-state index >= 15 is 0 Å². The van der Waals surface area contributed by atoms with E-state index in [1.165, 1.54) is 29.1 Å². The second kappa shape index (κ2) is 4.34. The van der Waals surface area contributed by atoms with Crippen molar-refractivity contribution in [3.8, 4) is 0 Å². The number of hydrogen-bond donors (Lipinski definition) is 0. The average Bonchev–Trinajstić information content (AvgIpc) is 2.76. The van der Waals surface area contributed by atoms with Crippen LogP contribution in [0.5, 0.6) is 0 Å². The molecule has 16 heavy (non-hydrogen) atoms. The van der Waals surface area contributed by atoms with Crippen LogP contribution < -0.4 is 4.90 Å². The molecule has 2 aromatic rings. The van der Waals surface area contributed by atoms with Crippen LogP contribution in [0.1, 0.15) is 19.3 Å². The normalized spacial score (nSPS) is 16.9. The lowest BCUT2D eigenvalue weighted by atomic mass is 10.1. The highest BCUT2D eigenvalue weighted by atomic mass is 79.9. The Morgan fingerprint density at radius 2 is 2.00 bits per heavy atom. The van der Waals surface area contributed by atoms with Crippen LogP contribution in [-0.4, -0.2) is 18.1 Å². The third kappa shape index (κ3) is 1.84.